The van der Waals surface area contributed by atoms with E-state index in [0.717, 1.165) is 0 Å². The van der Waals surface area contributed by atoms with Gasteiger partial charge < -0.3 is 5.73 Å². The molecule has 0 rings (SSSR count). The Balaban J connectivity index is 3.82. The molecule has 3 N–H and O–H groups in total. The van der Waals surface area contributed by atoms with Gasteiger partial charge in [0.15, 0.2) is 5.17 Å². The summed E-state index contributed by atoms with van der Waals surface area (Å²) in [6.45, 7) is 0. The van der Waals surface area contributed by atoms with Gasteiger partial charge in [-0.25, -0.2) is 8.78 Å². The first-order valence-corrected chi connectivity index (χ1v) is 3.47. The van der Waals surface area contributed by atoms with Gasteiger partial charge in [-0.2, -0.15) is 8.78 Å². The molecule has 0 saturated heterocycles. The van der Waals surface area contributed by atoms with Crippen LogP contribution < -0.4 is 5.73 Å². The van der Waals surface area contributed by atoms with E-state index in [4.69, 9.17) is 5.41 Å². The maximum Gasteiger partial charge on any atom is 0.316 e. The van der Waals surface area contributed by atoms with Gasteiger partial charge in [0, 0.05) is 0 Å². The third-order valence-corrected chi connectivity index (χ3v) is 1.58. The Hall–Kier alpha value is -0.460. The van der Waals surface area contributed by atoms with Crippen LogP contribution in [0.1, 0.15) is 0 Å². The molecule has 0 aromatic heterocycles. The molecule has 0 fully saturated rings. The van der Waals surface area contributed by atoms with Crippen LogP contribution in [0.25, 0.3) is 0 Å². The minimum absolute atomic E-state index is 0.198. The minimum Gasteiger partial charge on any atom is -0.379 e. The van der Waals surface area contributed by atoms with E-state index in [1.165, 1.54) is 0 Å². The molecule has 0 radical (unpaired) electrons. The van der Waals surface area contributed by atoms with Crippen molar-refractivity contribution in [3.05, 3.63) is 0 Å². The fourth-order valence-corrected chi connectivity index (χ4v) is 0.711. The lowest BCUT2D eigenvalue weighted by Gasteiger charge is -2.13. The Bertz CT molecular complexity index is 149. The summed E-state index contributed by atoms with van der Waals surface area (Å²) in [5, 5.41) is 5.89. The molecule has 0 aliphatic carbocycles. The van der Waals surface area contributed by atoms with E-state index < -0.39 is 23.3 Å². The van der Waals surface area contributed by atoms with E-state index in [0.29, 0.717) is 0 Å². The Kier molecular flexibility index (Phi) is 3.64. The zero-order valence-electron chi connectivity index (χ0n) is 5.28. The van der Waals surface area contributed by atoms with Gasteiger partial charge in [-0.15, -0.1) is 0 Å². The molecule has 11 heavy (non-hydrogen) atoms. The molecular weight excluding hydrogens is 184 g/mol. The van der Waals surface area contributed by atoms with Crippen molar-refractivity contribution in [2.75, 3.05) is 5.75 Å². The topological polar surface area (TPSA) is 49.9 Å². The maximum absolute atomic E-state index is 12.0. The second-order valence-corrected chi connectivity index (χ2v) is 2.73. The van der Waals surface area contributed by atoms with Crippen LogP contribution in [-0.4, -0.2) is 23.3 Å². The second kappa shape index (κ2) is 3.80. The van der Waals surface area contributed by atoms with Gasteiger partial charge in [0.05, 0.1) is 5.75 Å². The summed E-state index contributed by atoms with van der Waals surface area (Å²) in [6, 6.07) is 0. The van der Waals surface area contributed by atoms with Crippen molar-refractivity contribution >= 4 is 16.9 Å². The quantitative estimate of drug-likeness (QED) is 0.402. The normalized spacial score (nSPS) is 12.1. The van der Waals surface area contributed by atoms with E-state index in [9.17, 15) is 17.6 Å². The highest BCUT2D eigenvalue weighted by Crippen LogP contribution is 2.26. The van der Waals surface area contributed by atoms with E-state index in [-0.39, 0.29) is 11.8 Å². The first-order valence-electron chi connectivity index (χ1n) is 2.49. The summed E-state index contributed by atoms with van der Waals surface area (Å²) < 4.78 is 46.7. The zero-order chi connectivity index (χ0) is 9.07. The SMILES string of the molecule is N=C(N)SCC(F)(F)C(F)F. The van der Waals surface area contributed by atoms with Crippen molar-refractivity contribution in [2.24, 2.45) is 5.73 Å². The number of rotatable bonds is 3. The van der Waals surface area contributed by atoms with Crippen molar-refractivity contribution in [1.29, 1.82) is 5.41 Å². The van der Waals surface area contributed by atoms with Gasteiger partial charge in [-0.05, 0) is 0 Å². The number of thioether (sulfide) groups is 1. The Morgan fingerprint density at radius 1 is 1.55 bits per heavy atom. The molecule has 0 aromatic carbocycles. The van der Waals surface area contributed by atoms with Crippen LogP contribution in [0, 0.1) is 5.41 Å². The summed E-state index contributed by atoms with van der Waals surface area (Å²) in [4.78, 5) is 0. The number of halogens is 4. The first-order chi connectivity index (χ1) is 4.86. The van der Waals surface area contributed by atoms with Gasteiger partial charge in [0.2, 0.25) is 0 Å². The zero-order valence-corrected chi connectivity index (χ0v) is 6.10. The molecule has 0 bridgehead atoms. The van der Waals surface area contributed by atoms with Crippen LogP contribution in [0.15, 0.2) is 0 Å². The van der Waals surface area contributed by atoms with Crippen LogP contribution in [0.2, 0.25) is 0 Å². The highest BCUT2D eigenvalue weighted by atomic mass is 32.2. The highest BCUT2D eigenvalue weighted by molar-refractivity contribution is 8.13. The summed E-state index contributed by atoms with van der Waals surface area (Å²) in [5.74, 6) is -5.21. The number of alkyl halides is 4. The standard InChI is InChI=1S/C4H6F4N2S/c5-2(6)4(7,8)1-11-3(9)10/h2H,1H2,(H3,9,10). The Labute approximate surface area is 64.6 Å². The van der Waals surface area contributed by atoms with Crippen molar-refractivity contribution in [2.45, 2.75) is 12.3 Å². The summed E-state index contributed by atoms with van der Waals surface area (Å²) in [7, 11) is 0. The summed E-state index contributed by atoms with van der Waals surface area (Å²) in [5.41, 5.74) is 4.67. The van der Waals surface area contributed by atoms with Crippen LogP contribution in [0.3, 0.4) is 0 Å². The van der Waals surface area contributed by atoms with Gasteiger partial charge >= 0.3 is 12.3 Å². The predicted octanol–water partition coefficient (Wildman–Crippen LogP) is 1.51. The molecule has 0 aliphatic rings. The van der Waals surface area contributed by atoms with E-state index in [1.807, 2.05) is 0 Å². The molecule has 0 aromatic rings. The third kappa shape index (κ3) is 4.07. The molecular formula is C4H6F4N2S. The molecule has 0 spiro atoms. The Morgan fingerprint density at radius 3 is 2.27 bits per heavy atom. The van der Waals surface area contributed by atoms with Gasteiger partial charge in [-0.1, -0.05) is 11.8 Å². The molecule has 0 atom stereocenters. The van der Waals surface area contributed by atoms with Crippen LogP contribution in [0.4, 0.5) is 17.6 Å². The highest BCUT2D eigenvalue weighted by Gasteiger charge is 2.40. The van der Waals surface area contributed by atoms with E-state index in [2.05, 4.69) is 5.73 Å². The fraction of sp³-hybridized carbons (Fsp3) is 0.750. The molecule has 2 nitrogen and oxygen atoms in total. The maximum atomic E-state index is 12.0. The van der Waals surface area contributed by atoms with E-state index in [1.54, 1.807) is 0 Å². The molecule has 0 heterocycles. The lowest BCUT2D eigenvalue weighted by molar-refractivity contribution is -0.109. The number of nitrogens with one attached hydrogen (secondary N) is 1. The lowest BCUT2D eigenvalue weighted by atomic mass is 10.4. The number of amidine groups is 1. The predicted molar refractivity (Wildman–Crippen MR) is 35.3 cm³/mol. The third-order valence-electron chi connectivity index (χ3n) is 0.739. The molecule has 7 heteroatoms. The monoisotopic (exact) mass is 190 g/mol. The minimum atomic E-state index is -4.06. The average Bonchev–Trinajstić information content (AvgIpc) is 1.84. The van der Waals surface area contributed by atoms with Crippen molar-refractivity contribution < 1.29 is 17.6 Å². The second-order valence-electron chi connectivity index (χ2n) is 1.71. The van der Waals surface area contributed by atoms with Crippen LogP contribution in [0.5, 0.6) is 0 Å². The van der Waals surface area contributed by atoms with Crippen molar-refractivity contribution in [3.63, 3.8) is 0 Å². The average molecular weight is 190 g/mol. The molecule has 0 saturated carbocycles. The number of hydrogen-bond donors (Lipinski definition) is 2. The largest absolute Gasteiger partial charge is 0.379 e. The van der Waals surface area contributed by atoms with Gasteiger partial charge in [-0.3, -0.25) is 5.41 Å². The molecule has 0 unspecified atom stereocenters. The van der Waals surface area contributed by atoms with E-state index >= 15 is 0 Å². The van der Waals surface area contributed by atoms with Gasteiger partial charge in [0.1, 0.15) is 0 Å². The van der Waals surface area contributed by atoms with Crippen LogP contribution >= 0.6 is 11.8 Å². The smallest absolute Gasteiger partial charge is 0.316 e. The van der Waals surface area contributed by atoms with Crippen molar-refractivity contribution in [3.8, 4) is 0 Å². The lowest BCUT2D eigenvalue weighted by Crippen LogP contribution is -2.30. The molecule has 66 valence electrons. The van der Waals surface area contributed by atoms with Gasteiger partial charge in [0.25, 0.3) is 0 Å². The Morgan fingerprint density at radius 2 is 2.00 bits per heavy atom. The summed E-state index contributed by atoms with van der Waals surface area (Å²) in [6.07, 6.45) is -3.70. The van der Waals surface area contributed by atoms with Crippen molar-refractivity contribution in [1.82, 2.24) is 0 Å². The fourth-order valence-electron chi connectivity index (χ4n) is 0.237. The van der Waals surface area contributed by atoms with Crippen LogP contribution in [-0.2, 0) is 0 Å². The number of nitrogens with two attached hydrogens (primary N) is 1. The molecule has 0 aliphatic heterocycles. The summed E-state index contributed by atoms with van der Waals surface area (Å²) >= 11 is 0.198. The molecule has 0 amide bonds. The number of hydrogen-bond acceptors (Lipinski definition) is 2. The first kappa shape index (κ1) is 10.5.